The van der Waals surface area contributed by atoms with Crippen LogP contribution in [0, 0.1) is 0 Å². The number of aryl methyl sites for hydroxylation is 2. The molecule has 2 rings (SSSR count). The molecule has 0 fully saturated rings. The van der Waals surface area contributed by atoms with Gasteiger partial charge in [0, 0.05) is 18.8 Å². The van der Waals surface area contributed by atoms with Crippen molar-refractivity contribution in [3.05, 3.63) is 42.1 Å². The number of hydrogen-bond donors (Lipinski definition) is 1. The minimum Gasteiger partial charge on any atom is -0.330 e. The zero-order chi connectivity index (χ0) is 11.4. The molecule has 0 aliphatic rings. The van der Waals surface area contributed by atoms with Gasteiger partial charge in [-0.05, 0) is 31.0 Å². The summed E-state index contributed by atoms with van der Waals surface area (Å²) >= 11 is 0. The molecule has 0 aliphatic heterocycles. The number of rotatable bonds is 4. The van der Waals surface area contributed by atoms with E-state index >= 15 is 0 Å². The molecular weight excluding hydrogens is 198 g/mol. The smallest absolute Gasteiger partial charge is 0.0923 e. The van der Waals surface area contributed by atoms with Crippen molar-refractivity contribution in [2.75, 3.05) is 6.54 Å². The fraction of sp³-hybridized carbons (Fsp3) is 0.308. The van der Waals surface area contributed by atoms with Crippen LogP contribution in [0.3, 0.4) is 0 Å². The van der Waals surface area contributed by atoms with Crippen molar-refractivity contribution in [3.8, 4) is 11.3 Å². The highest BCUT2D eigenvalue weighted by Crippen LogP contribution is 2.17. The lowest BCUT2D eigenvalue weighted by Crippen LogP contribution is -2.00. The maximum Gasteiger partial charge on any atom is 0.0923 e. The Bertz CT molecular complexity index is 442. The van der Waals surface area contributed by atoms with E-state index in [1.54, 1.807) is 0 Å². The molecule has 0 amide bonds. The van der Waals surface area contributed by atoms with Crippen molar-refractivity contribution in [2.45, 2.75) is 12.8 Å². The second kappa shape index (κ2) is 4.94. The van der Waals surface area contributed by atoms with E-state index in [4.69, 9.17) is 5.73 Å². The Labute approximate surface area is 95.9 Å². The molecule has 84 valence electrons. The summed E-state index contributed by atoms with van der Waals surface area (Å²) in [5, 5.41) is 4.37. The first-order chi connectivity index (χ1) is 7.79. The van der Waals surface area contributed by atoms with E-state index in [2.05, 4.69) is 29.4 Å². The molecule has 0 saturated carbocycles. The lowest BCUT2D eigenvalue weighted by molar-refractivity contribution is 0.771. The second-order valence-corrected chi connectivity index (χ2v) is 3.96. The van der Waals surface area contributed by atoms with Gasteiger partial charge in [0.25, 0.3) is 0 Å². The Morgan fingerprint density at radius 2 is 1.94 bits per heavy atom. The average Bonchev–Trinajstić information content (AvgIpc) is 2.74. The highest BCUT2D eigenvalue weighted by atomic mass is 15.2. The normalized spacial score (nSPS) is 10.6. The molecule has 2 N–H and O–H groups in total. The van der Waals surface area contributed by atoms with Gasteiger partial charge in [-0.25, -0.2) is 0 Å². The zero-order valence-electron chi connectivity index (χ0n) is 9.56. The molecular formula is C13H17N3. The first-order valence-corrected chi connectivity index (χ1v) is 5.58. The van der Waals surface area contributed by atoms with Crippen LogP contribution in [0.15, 0.2) is 36.5 Å². The maximum absolute atomic E-state index is 5.49. The molecule has 3 heteroatoms. The van der Waals surface area contributed by atoms with Crippen molar-refractivity contribution in [1.29, 1.82) is 0 Å². The van der Waals surface area contributed by atoms with Crippen LogP contribution in [0.5, 0.6) is 0 Å². The van der Waals surface area contributed by atoms with Gasteiger partial charge in [0.1, 0.15) is 0 Å². The molecule has 1 aromatic heterocycles. The van der Waals surface area contributed by atoms with Gasteiger partial charge in [0.15, 0.2) is 0 Å². The number of hydrogen-bond acceptors (Lipinski definition) is 2. The summed E-state index contributed by atoms with van der Waals surface area (Å²) in [7, 11) is 1.93. The van der Waals surface area contributed by atoms with Crippen molar-refractivity contribution >= 4 is 0 Å². The van der Waals surface area contributed by atoms with Crippen LogP contribution in [-0.2, 0) is 13.5 Å². The minimum absolute atomic E-state index is 0.752. The zero-order valence-corrected chi connectivity index (χ0v) is 9.56. The van der Waals surface area contributed by atoms with Crippen LogP contribution in [0.25, 0.3) is 11.3 Å². The minimum atomic E-state index is 0.752. The molecule has 0 bridgehead atoms. The van der Waals surface area contributed by atoms with Gasteiger partial charge in [-0.2, -0.15) is 5.10 Å². The number of nitrogens with two attached hydrogens (primary N) is 1. The van der Waals surface area contributed by atoms with E-state index in [1.807, 2.05) is 24.0 Å². The quantitative estimate of drug-likeness (QED) is 0.847. The molecule has 0 aliphatic carbocycles. The molecule has 16 heavy (non-hydrogen) atoms. The SMILES string of the molecule is Cn1ccc(-c2ccc(CCCN)cc2)n1. The molecule has 1 heterocycles. The highest BCUT2D eigenvalue weighted by molar-refractivity contribution is 5.58. The summed E-state index contributed by atoms with van der Waals surface area (Å²) in [5.74, 6) is 0. The predicted octanol–water partition coefficient (Wildman–Crippen LogP) is 1.98. The third-order valence-corrected chi connectivity index (χ3v) is 2.63. The standard InChI is InChI=1S/C13H17N3/c1-16-10-8-13(15-16)12-6-4-11(5-7-12)3-2-9-14/h4-8,10H,2-3,9,14H2,1H3. The summed E-state index contributed by atoms with van der Waals surface area (Å²) in [6.45, 7) is 0.752. The third kappa shape index (κ3) is 2.49. The molecule has 0 atom stereocenters. The fourth-order valence-corrected chi connectivity index (χ4v) is 1.72. The molecule has 0 unspecified atom stereocenters. The van der Waals surface area contributed by atoms with E-state index in [1.165, 1.54) is 5.56 Å². The maximum atomic E-state index is 5.49. The van der Waals surface area contributed by atoms with E-state index in [0.29, 0.717) is 0 Å². The molecule has 3 nitrogen and oxygen atoms in total. The molecule has 0 saturated heterocycles. The summed E-state index contributed by atoms with van der Waals surface area (Å²) < 4.78 is 1.82. The fourth-order valence-electron chi connectivity index (χ4n) is 1.72. The Kier molecular flexibility index (Phi) is 3.37. The van der Waals surface area contributed by atoms with Crippen LogP contribution in [-0.4, -0.2) is 16.3 Å². The van der Waals surface area contributed by atoms with Crippen molar-refractivity contribution in [2.24, 2.45) is 12.8 Å². The highest BCUT2D eigenvalue weighted by Gasteiger charge is 2.00. The van der Waals surface area contributed by atoms with Crippen molar-refractivity contribution in [1.82, 2.24) is 9.78 Å². The molecule has 1 aromatic carbocycles. The van der Waals surface area contributed by atoms with Crippen LogP contribution in [0.2, 0.25) is 0 Å². The Morgan fingerprint density at radius 3 is 2.50 bits per heavy atom. The van der Waals surface area contributed by atoms with Crippen LogP contribution in [0.4, 0.5) is 0 Å². The number of benzene rings is 1. The van der Waals surface area contributed by atoms with Crippen molar-refractivity contribution in [3.63, 3.8) is 0 Å². The third-order valence-electron chi connectivity index (χ3n) is 2.63. The van der Waals surface area contributed by atoms with Crippen LogP contribution < -0.4 is 5.73 Å². The lowest BCUT2D eigenvalue weighted by Gasteiger charge is -2.01. The van der Waals surface area contributed by atoms with Gasteiger partial charge >= 0.3 is 0 Å². The Morgan fingerprint density at radius 1 is 1.19 bits per heavy atom. The van der Waals surface area contributed by atoms with Crippen LogP contribution >= 0.6 is 0 Å². The van der Waals surface area contributed by atoms with Gasteiger partial charge < -0.3 is 5.73 Å². The summed E-state index contributed by atoms with van der Waals surface area (Å²) in [6.07, 6.45) is 4.06. The van der Waals surface area contributed by atoms with E-state index in [-0.39, 0.29) is 0 Å². The van der Waals surface area contributed by atoms with Gasteiger partial charge in [0.05, 0.1) is 5.69 Å². The Hall–Kier alpha value is -1.61. The Balaban J connectivity index is 2.13. The van der Waals surface area contributed by atoms with E-state index < -0.39 is 0 Å². The van der Waals surface area contributed by atoms with Crippen molar-refractivity contribution < 1.29 is 0 Å². The monoisotopic (exact) mass is 215 g/mol. The lowest BCUT2D eigenvalue weighted by atomic mass is 10.1. The molecule has 0 spiro atoms. The molecule has 0 radical (unpaired) electrons. The second-order valence-electron chi connectivity index (χ2n) is 3.96. The summed E-state index contributed by atoms with van der Waals surface area (Å²) in [4.78, 5) is 0. The first-order valence-electron chi connectivity index (χ1n) is 5.58. The number of aromatic nitrogens is 2. The predicted molar refractivity (Wildman–Crippen MR) is 66.0 cm³/mol. The van der Waals surface area contributed by atoms with Gasteiger partial charge in [0.2, 0.25) is 0 Å². The topological polar surface area (TPSA) is 43.8 Å². The van der Waals surface area contributed by atoms with E-state index in [9.17, 15) is 0 Å². The summed E-state index contributed by atoms with van der Waals surface area (Å²) in [6, 6.07) is 10.6. The van der Waals surface area contributed by atoms with Gasteiger partial charge in [-0.1, -0.05) is 24.3 Å². The van der Waals surface area contributed by atoms with Gasteiger partial charge in [-0.15, -0.1) is 0 Å². The largest absolute Gasteiger partial charge is 0.330 e. The summed E-state index contributed by atoms with van der Waals surface area (Å²) in [5.41, 5.74) is 9.01. The van der Waals surface area contributed by atoms with Gasteiger partial charge in [-0.3, -0.25) is 4.68 Å². The first kappa shape index (κ1) is 10.9. The average molecular weight is 215 g/mol. The number of nitrogens with zero attached hydrogens (tertiary/aromatic N) is 2. The van der Waals surface area contributed by atoms with Crippen LogP contribution in [0.1, 0.15) is 12.0 Å². The molecule has 2 aromatic rings. The van der Waals surface area contributed by atoms with E-state index in [0.717, 1.165) is 30.6 Å².